The van der Waals surface area contributed by atoms with E-state index in [1.54, 1.807) is 4.90 Å². The van der Waals surface area contributed by atoms with E-state index in [1.165, 1.54) is 6.92 Å². The maximum Gasteiger partial charge on any atom is 0.223 e. The molecule has 17 heavy (non-hydrogen) atoms. The van der Waals surface area contributed by atoms with Crippen LogP contribution in [-0.4, -0.2) is 50.5 Å². The standard InChI is InChI=1S/C9H17N3O4S/c1-7(13)11-2-3-12-5-8(4-9(12)14)6-17(10,15)16/h8H,2-6H2,1H3,(H,11,13)(H2,10,15,16). The predicted molar refractivity (Wildman–Crippen MR) is 61.3 cm³/mol. The Morgan fingerprint density at radius 1 is 1.59 bits per heavy atom. The van der Waals surface area contributed by atoms with E-state index in [9.17, 15) is 18.0 Å². The van der Waals surface area contributed by atoms with Gasteiger partial charge in [-0.25, -0.2) is 13.6 Å². The van der Waals surface area contributed by atoms with Crippen molar-refractivity contribution in [3.05, 3.63) is 0 Å². The van der Waals surface area contributed by atoms with Crippen LogP contribution < -0.4 is 10.5 Å². The van der Waals surface area contributed by atoms with Crippen molar-refractivity contribution in [1.29, 1.82) is 0 Å². The normalized spacial score (nSPS) is 20.7. The lowest BCUT2D eigenvalue weighted by molar-refractivity contribution is -0.128. The number of amides is 2. The number of likely N-dealkylation sites (tertiary alicyclic amines) is 1. The summed E-state index contributed by atoms with van der Waals surface area (Å²) in [5.74, 6) is -0.661. The first kappa shape index (κ1) is 13.9. The van der Waals surface area contributed by atoms with Crippen molar-refractivity contribution in [1.82, 2.24) is 10.2 Å². The van der Waals surface area contributed by atoms with Crippen molar-refractivity contribution in [2.24, 2.45) is 11.1 Å². The smallest absolute Gasteiger partial charge is 0.223 e. The molecule has 0 radical (unpaired) electrons. The summed E-state index contributed by atoms with van der Waals surface area (Å²) < 4.78 is 21.8. The van der Waals surface area contributed by atoms with Crippen LogP contribution in [-0.2, 0) is 19.6 Å². The van der Waals surface area contributed by atoms with Gasteiger partial charge in [-0.15, -0.1) is 0 Å². The average Bonchev–Trinajstić information content (AvgIpc) is 2.42. The van der Waals surface area contributed by atoms with Crippen LogP contribution in [0.5, 0.6) is 0 Å². The van der Waals surface area contributed by atoms with E-state index in [0.29, 0.717) is 19.6 Å². The van der Waals surface area contributed by atoms with Crippen molar-refractivity contribution in [2.45, 2.75) is 13.3 Å². The maximum atomic E-state index is 11.5. The second-order valence-corrected chi connectivity index (χ2v) is 5.88. The number of nitrogens with zero attached hydrogens (tertiary/aromatic N) is 1. The number of nitrogens with two attached hydrogens (primary N) is 1. The molecule has 0 saturated carbocycles. The summed E-state index contributed by atoms with van der Waals surface area (Å²) in [6.45, 7) is 2.56. The monoisotopic (exact) mass is 263 g/mol. The fourth-order valence-corrected chi connectivity index (χ4v) is 2.76. The first-order valence-corrected chi connectivity index (χ1v) is 7.02. The number of carbonyl (C=O) groups excluding carboxylic acids is 2. The number of sulfonamides is 1. The molecule has 1 fully saturated rings. The summed E-state index contributed by atoms with van der Waals surface area (Å²) in [5, 5.41) is 7.51. The molecular formula is C9H17N3O4S. The maximum absolute atomic E-state index is 11.5. The summed E-state index contributed by atoms with van der Waals surface area (Å²) in [6, 6.07) is 0. The third-order valence-electron chi connectivity index (χ3n) is 2.52. The quantitative estimate of drug-likeness (QED) is 0.613. The molecule has 1 aliphatic rings. The molecule has 2 amide bonds. The highest BCUT2D eigenvalue weighted by Crippen LogP contribution is 2.18. The second-order valence-electron chi connectivity index (χ2n) is 4.22. The summed E-state index contributed by atoms with van der Waals surface area (Å²) in [7, 11) is -3.54. The predicted octanol–water partition coefficient (Wildman–Crippen LogP) is -1.74. The minimum absolute atomic E-state index is 0.0935. The Morgan fingerprint density at radius 2 is 2.24 bits per heavy atom. The SMILES string of the molecule is CC(=O)NCCN1CC(CS(N)(=O)=O)CC1=O. The molecule has 0 bridgehead atoms. The van der Waals surface area contributed by atoms with E-state index in [1.807, 2.05) is 0 Å². The van der Waals surface area contributed by atoms with Gasteiger partial charge in [0.15, 0.2) is 0 Å². The minimum atomic E-state index is -3.54. The Balaban J connectivity index is 2.39. The average molecular weight is 263 g/mol. The number of primary sulfonamides is 1. The first-order chi connectivity index (χ1) is 7.78. The number of carbonyl (C=O) groups is 2. The van der Waals surface area contributed by atoms with E-state index < -0.39 is 10.0 Å². The van der Waals surface area contributed by atoms with Crippen LogP contribution in [0.4, 0.5) is 0 Å². The molecule has 1 atom stereocenters. The zero-order valence-electron chi connectivity index (χ0n) is 9.68. The number of hydrogen-bond donors (Lipinski definition) is 2. The summed E-state index contributed by atoms with van der Waals surface area (Å²) in [6.07, 6.45) is 0.205. The van der Waals surface area contributed by atoms with Gasteiger partial charge in [0.05, 0.1) is 5.75 Å². The molecule has 1 aliphatic heterocycles. The summed E-state index contributed by atoms with van der Waals surface area (Å²) in [5.41, 5.74) is 0. The van der Waals surface area contributed by atoms with Gasteiger partial charge in [0.1, 0.15) is 0 Å². The van der Waals surface area contributed by atoms with Crippen LogP contribution in [0.2, 0.25) is 0 Å². The number of hydrogen-bond acceptors (Lipinski definition) is 4. The van der Waals surface area contributed by atoms with Gasteiger partial charge >= 0.3 is 0 Å². The van der Waals surface area contributed by atoms with Crippen LogP contribution in [0.25, 0.3) is 0 Å². The first-order valence-electron chi connectivity index (χ1n) is 5.30. The molecule has 0 spiro atoms. The van der Waals surface area contributed by atoms with Gasteiger partial charge < -0.3 is 10.2 Å². The summed E-state index contributed by atoms with van der Waals surface area (Å²) >= 11 is 0. The Bertz CT molecular complexity index is 406. The van der Waals surface area contributed by atoms with Crippen molar-refractivity contribution < 1.29 is 18.0 Å². The lowest BCUT2D eigenvalue weighted by Gasteiger charge is -2.16. The number of nitrogens with one attached hydrogen (secondary N) is 1. The van der Waals surface area contributed by atoms with Crippen molar-refractivity contribution in [3.8, 4) is 0 Å². The molecule has 0 aromatic heterocycles. The highest BCUT2D eigenvalue weighted by molar-refractivity contribution is 7.89. The van der Waals surface area contributed by atoms with Gasteiger partial charge in [0, 0.05) is 38.9 Å². The van der Waals surface area contributed by atoms with E-state index in [0.717, 1.165) is 0 Å². The largest absolute Gasteiger partial charge is 0.355 e. The number of rotatable bonds is 5. The molecule has 1 saturated heterocycles. The molecule has 0 aromatic rings. The second kappa shape index (κ2) is 5.46. The van der Waals surface area contributed by atoms with E-state index in [4.69, 9.17) is 5.14 Å². The van der Waals surface area contributed by atoms with Gasteiger partial charge in [-0.1, -0.05) is 0 Å². The van der Waals surface area contributed by atoms with E-state index in [2.05, 4.69) is 5.32 Å². The topological polar surface area (TPSA) is 110 Å². The van der Waals surface area contributed by atoms with E-state index in [-0.39, 0.29) is 29.9 Å². The highest BCUT2D eigenvalue weighted by atomic mass is 32.2. The van der Waals surface area contributed by atoms with Crippen molar-refractivity contribution >= 4 is 21.8 Å². The zero-order valence-corrected chi connectivity index (χ0v) is 10.5. The molecule has 0 aromatic carbocycles. The molecule has 7 nitrogen and oxygen atoms in total. The fourth-order valence-electron chi connectivity index (χ4n) is 1.88. The van der Waals surface area contributed by atoms with Gasteiger partial charge in [-0.2, -0.15) is 0 Å². The van der Waals surface area contributed by atoms with Gasteiger partial charge in [-0.05, 0) is 0 Å². The van der Waals surface area contributed by atoms with Crippen LogP contribution in [0.3, 0.4) is 0 Å². The fraction of sp³-hybridized carbons (Fsp3) is 0.778. The third kappa shape index (κ3) is 5.14. The van der Waals surface area contributed by atoms with Gasteiger partial charge in [0.2, 0.25) is 21.8 Å². The Kier molecular flexibility index (Phi) is 4.47. The Labute approximate surface area is 100 Å². The van der Waals surface area contributed by atoms with Crippen LogP contribution in [0.15, 0.2) is 0 Å². The molecule has 8 heteroatoms. The van der Waals surface area contributed by atoms with Crippen LogP contribution in [0.1, 0.15) is 13.3 Å². The van der Waals surface area contributed by atoms with E-state index >= 15 is 0 Å². The van der Waals surface area contributed by atoms with Crippen molar-refractivity contribution in [3.63, 3.8) is 0 Å². The molecule has 0 aliphatic carbocycles. The highest BCUT2D eigenvalue weighted by Gasteiger charge is 2.31. The molecular weight excluding hydrogens is 246 g/mol. The summed E-state index contributed by atoms with van der Waals surface area (Å²) in [4.78, 5) is 23.7. The molecule has 1 unspecified atom stereocenters. The van der Waals surface area contributed by atoms with Crippen molar-refractivity contribution in [2.75, 3.05) is 25.4 Å². The van der Waals surface area contributed by atoms with Crippen LogP contribution >= 0.6 is 0 Å². The van der Waals surface area contributed by atoms with Gasteiger partial charge in [-0.3, -0.25) is 9.59 Å². The molecule has 98 valence electrons. The molecule has 1 rings (SSSR count). The lowest BCUT2D eigenvalue weighted by atomic mass is 10.1. The third-order valence-corrected chi connectivity index (χ3v) is 3.45. The Hall–Kier alpha value is -1.15. The zero-order chi connectivity index (χ0) is 13.1. The Morgan fingerprint density at radius 3 is 2.76 bits per heavy atom. The molecule has 3 N–H and O–H groups in total. The van der Waals surface area contributed by atoms with Gasteiger partial charge in [0.25, 0.3) is 0 Å². The lowest BCUT2D eigenvalue weighted by Crippen LogP contribution is -2.35. The minimum Gasteiger partial charge on any atom is -0.355 e. The van der Waals surface area contributed by atoms with Crippen LogP contribution in [0, 0.1) is 5.92 Å². The molecule has 1 heterocycles.